The van der Waals surface area contributed by atoms with E-state index in [0.29, 0.717) is 30.9 Å². The number of hydrogen-bond donors (Lipinski definition) is 0. The van der Waals surface area contributed by atoms with Gasteiger partial charge in [-0.2, -0.15) is 0 Å². The molecule has 0 aliphatic carbocycles. The fourth-order valence-corrected chi connectivity index (χ4v) is 5.30. The number of rotatable bonds is 5. The fourth-order valence-electron chi connectivity index (χ4n) is 5.30. The number of piperidine rings is 1. The standard InChI is InChI=1S/C29H30FN3O3/c1-36-25-13-11-24(12-14-25)33-27(34)16-15-26(28(33)21-7-9-22(30)10-8-21)29(35)32-19-17-31(18-20-32)23-5-3-2-4-6-23/h2-14,26,28H,15-20H2,1H3/t26-,28-/m1/s1. The highest BCUT2D eigenvalue weighted by atomic mass is 19.1. The van der Waals surface area contributed by atoms with Gasteiger partial charge in [0.15, 0.2) is 0 Å². The van der Waals surface area contributed by atoms with E-state index in [2.05, 4.69) is 17.0 Å². The van der Waals surface area contributed by atoms with Crippen molar-refractivity contribution in [3.05, 3.63) is 90.2 Å². The molecule has 2 amide bonds. The Bertz CT molecular complexity index is 1190. The second-order valence-electron chi connectivity index (χ2n) is 9.25. The minimum absolute atomic E-state index is 0.0445. The van der Waals surface area contributed by atoms with Crippen LogP contribution in [0, 0.1) is 11.7 Å². The first-order chi connectivity index (χ1) is 17.5. The molecule has 186 valence electrons. The van der Waals surface area contributed by atoms with Crippen LogP contribution in [0.15, 0.2) is 78.9 Å². The second-order valence-corrected chi connectivity index (χ2v) is 9.25. The van der Waals surface area contributed by atoms with Gasteiger partial charge in [-0.1, -0.05) is 30.3 Å². The maximum absolute atomic E-state index is 13.9. The third-order valence-electron chi connectivity index (χ3n) is 7.19. The highest BCUT2D eigenvalue weighted by Gasteiger charge is 2.43. The molecule has 2 aliphatic heterocycles. The Morgan fingerprint density at radius 3 is 2.17 bits per heavy atom. The molecule has 5 rings (SSSR count). The molecule has 6 nitrogen and oxygen atoms in total. The minimum atomic E-state index is -0.514. The summed E-state index contributed by atoms with van der Waals surface area (Å²) in [5, 5.41) is 0. The molecular weight excluding hydrogens is 457 g/mol. The van der Waals surface area contributed by atoms with E-state index < -0.39 is 12.0 Å². The number of nitrogens with zero attached hydrogens (tertiary/aromatic N) is 3. The van der Waals surface area contributed by atoms with Crippen molar-refractivity contribution in [2.75, 3.05) is 43.1 Å². The van der Waals surface area contributed by atoms with E-state index in [-0.39, 0.29) is 24.1 Å². The molecule has 0 bridgehead atoms. The van der Waals surface area contributed by atoms with Crippen LogP contribution in [-0.4, -0.2) is 50.0 Å². The lowest BCUT2D eigenvalue weighted by Crippen LogP contribution is -2.54. The summed E-state index contributed by atoms with van der Waals surface area (Å²) in [7, 11) is 1.59. The van der Waals surface area contributed by atoms with Crippen molar-refractivity contribution >= 4 is 23.2 Å². The molecule has 36 heavy (non-hydrogen) atoms. The van der Waals surface area contributed by atoms with Gasteiger partial charge in [0.05, 0.1) is 19.1 Å². The maximum atomic E-state index is 13.9. The lowest BCUT2D eigenvalue weighted by atomic mass is 9.82. The number of methoxy groups -OCH3 is 1. The zero-order valence-corrected chi connectivity index (χ0v) is 20.3. The number of halogens is 1. The van der Waals surface area contributed by atoms with Crippen LogP contribution < -0.4 is 14.5 Å². The summed E-state index contributed by atoms with van der Waals surface area (Å²) in [6.07, 6.45) is 0.745. The van der Waals surface area contributed by atoms with Crippen molar-refractivity contribution in [2.45, 2.75) is 18.9 Å². The predicted octanol–water partition coefficient (Wildman–Crippen LogP) is 4.67. The molecule has 2 saturated heterocycles. The molecule has 2 atom stereocenters. The third kappa shape index (κ3) is 4.78. The van der Waals surface area contributed by atoms with Crippen molar-refractivity contribution in [1.82, 2.24) is 4.90 Å². The van der Waals surface area contributed by atoms with Gasteiger partial charge in [0.2, 0.25) is 11.8 Å². The lowest BCUT2D eigenvalue weighted by molar-refractivity contribution is -0.138. The van der Waals surface area contributed by atoms with Crippen LogP contribution in [0.1, 0.15) is 24.4 Å². The largest absolute Gasteiger partial charge is 0.497 e. The fraction of sp³-hybridized carbons (Fsp3) is 0.310. The van der Waals surface area contributed by atoms with Crippen LogP contribution in [-0.2, 0) is 9.59 Å². The van der Waals surface area contributed by atoms with Crippen LogP contribution in [0.3, 0.4) is 0 Å². The molecule has 0 unspecified atom stereocenters. The van der Waals surface area contributed by atoms with Crippen LogP contribution in [0.5, 0.6) is 5.75 Å². The second kappa shape index (κ2) is 10.4. The van der Waals surface area contributed by atoms with Gasteiger partial charge in [0.25, 0.3) is 0 Å². The van der Waals surface area contributed by atoms with E-state index in [0.717, 1.165) is 24.3 Å². The number of para-hydroxylation sites is 1. The van der Waals surface area contributed by atoms with Crippen molar-refractivity contribution in [1.29, 1.82) is 0 Å². The Hall–Kier alpha value is -3.87. The topological polar surface area (TPSA) is 53.1 Å². The first kappa shape index (κ1) is 23.9. The molecule has 0 aromatic heterocycles. The number of hydrogen-bond acceptors (Lipinski definition) is 4. The average Bonchev–Trinajstić information content (AvgIpc) is 2.94. The molecule has 2 fully saturated rings. The molecular formula is C29H30FN3O3. The van der Waals surface area contributed by atoms with Crippen LogP contribution >= 0.6 is 0 Å². The van der Waals surface area contributed by atoms with Crippen molar-refractivity contribution in [3.63, 3.8) is 0 Å². The molecule has 0 spiro atoms. The number of carbonyl (C=O) groups excluding carboxylic acids is 2. The summed E-state index contributed by atoms with van der Waals surface area (Å²) in [5.74, 6) is -0.0868. The normalized spacial score (nSPS) is 20.4. The van der Waals surface area contributed by atoms with Crippen LogP contribution in [0.25, 0.3) is 0 Å². The number of amides is 2. The summed E-state index contributed by atoms with van der Waals surface area (Å²) >= 11 is 0. The van der Waals surface area contributed by atoms with E-state index in [1.54, 1.807) is 36.3 Å². The lowest BCUT2D eigenvalue weighted by Gasteiger charge is -2.44. The Morgan fingerprint density at radius 1 is 0.861 bits per heavy atom. The van der Waals surface area contributed by atoms with E-state index in [9.17, 15) is 14.0 Å². The van der Waals surface area contributed by atoms with Gasteiger partial charge in [-0.25, -0.2) is 4.39 Å². The first-order valence-electron chi connectivity index (χ1n) is 12.4. The highest BCUT2D eigenvalue weighted by molar-refractivity contribution is 5.97. The Morgan fingerprint density at radius 2 is 1.53 bits per heavy atom. The number of anilines is 2. The van der Waals surface area contributed by atoms with Gasteiger partial charge in [0, 0.05) is 44.0 Å². The van der Waals surface area contributed by atoms with Crippen molar-refractivity contribution in [3.8, 4) is 5.75 Å². The average molecular weight is 488 g/mol. The molecule has 0 N–H and O–H groups in total. The van der Waals surface area contributed by atoms with Crippen LogP contribution in [0.4, 0.5) is 15.8 Å². The van der Waals surface area contributed by atoms with Gasteiger partial charge < -0.3 is 19.4 Å². The number of piperazine rings is 1. The summed E-state index contributed by atoms with van der Waals surface area (Å²) in [5.41, 5.74) is 2.60. The Kier molecular flexibility index (Phi) is 6.89. The molecule has 2 heterocycles. The van der Waals surface area contributed by atoms with Gasteiger partial charge in [-0.05, 0) is 60.5 Å². The monoisotopic (exact) mass is 487 g/mol. The smallest absolute Gasteiger partial charge is 0.228 e. The highest BCUT2D eigenvalue weighted by Crippen LogP contribution is 2.41. The van der Waals surface area contributed by atoms with E-state index >= 15 is 0 Å². The maximum Gasteiger partial charge on any atom is 0.228 e. The number of carbonyl (C=O) groups is 2. The molecule has 3 aromatic carbocycles. The third-order valence-corrected chi connectivity index (χ3v) is 7.19. The zero-order valence-electron chi connectivity index (χ0n) is 20.3. The van der Waals surface area contributed by atoms with Crippen LogP contribution in [0.2, 0.25) is 0 Å². The van der Waals surface area contributed by atoms with Gasteiger partial charge >= 0.3 is 0 Å². The Labute approximate surface area is 210 Å². The van der Waals surface area contributed by atoms with Gasteiger partial charge in [0.1, 0.15) is 11.6 Å². The zero-order chi connectivity index (χ0) is 25.1. The summed E-state index contributed by atoms with van der Waals surface area (Å²) < 4.78 is 19.1. The molecule has 7 heteroatoms. The quantitative estimate of drug-likeness (QED) is 0.525. The molecule has 0 radical (unpaired) electrons. The SMILES string of the molecule is COc1ccc(N2C(=O)CC[C@@H](C(=O)N3CCN(c4ccccc4)CC3)[C@H]2c2ccc(F)cc2)cc1. The summed E-state index contributed by atoms with van der Waals surface area (Å²) in [4.78, 5) is 33.1. The van der Waals surface area contributed by atoms with Gasteiger partial charge in [-0.15, -0.1) is 0 Å². The predicted molar refractivity (Wildman–Crippen MR) is 138 cm³/mol. The number of benzene rings is 3. The molecule has 2 aliphatic rings. The summed E-state index contributed by atoms with van der Waals surface area (Å²) in [6, 6.07) is 23.1. The van der Waals surface area contributed by atoms with E-state index in [1.807, 2.05) is 35.2 Å². The van der Waals surface area contributed by atoms with Crippen molar-refractivity contribution in [2.24, 2.45) is 5.92 Å². The minimum Gasteiger partial charge on any atom is -0.497 e. The number of ether oxygens (including phenoxy) is 1. The van der Waals surface area contributed by atoms with Crippen molar-refractivity contribution < 1.29 is 18.7 Å². The first-order valence-corrected chi connectivity index (χ1v) is 12.4. The molecule has 3 aromatic rings. The Balaban J connectivity index is 1.42. The van der Waals surface area contributed by atoms with Gasteiger partial charge in [-0.3, -0.25) is 9.59 Å². The van der Waals surface area contributed by atoms with E-state index in [4.69, 9.17) is 4.74 Å². The summed E-state index contributed by atoms with van der Waals surface area (Å²) in [6.45, 7) is 2.75. The van der Waals surface area contributed by atoms with E-state index in [1.165, 1.54) is 12.1 Å². The molecule has 0 saturated carbocycles.